The van der Waals surface area contributed by atoms with E-state index in [1.807, 2.05) is 17.0 Å². The number of carbonyl (C=O) groups excluding carboxylic acids is 2. The second-order valence-electron chi connectivity index (χ2n) is 10.2. The Morgan fingerprint density at radius 1 is 0.829 bits per heavy atom. The number of methoxy groups -OCH3 is 1. The van der Waals surface area contributed by atoms with E-state index in [4.69, 9.17) is 4.74 Å². The van der Waals surface area contributed by atoms with Crippen LogP contribution in [0.1, 0.15) is 52.7 Å². The zero-order chi connectivity index (χ0) is 24.2. The highest BCUT2D eigenvalue weighted by Gasteiger charge is 2.31. The molecular formula is C29H37N3O3. The van der Waals surface area contributed by atoms with Gasteiger partial charge in [-0.3, -0.25) is 14.6 Å². The fourth-order valence-electron chi connectivity index (χ4n) is 6.10. The number of hydrogen-bond donors (Lipinski definition) is 0. The molecule has 1 amide bonds. The molecule has 0 aromatic heterocycles. The molecule has 2 aliphatic heterocycles. The van der Waals surface area contributed by atoms with E-state index in [-0.39, 0.29) is 11.9 Å². The molecular weight excluding hydrogens is 438 g/mol. The normalized spacial score (nSPS) is 24.0. The highest BCUT2D eigenvalue weighted by Crippen LogP contribution is 2.27. The monoisotopic (exact) mass is 475 g/mol. The van der Waals surface area contributed by atoms with Crippen molar-refractivity contribution >= 4 is 11.9 Å². The Hall–Kier alpha value is -2.70. The predicted molar refractivity (Wildman–Crippen MR) is 136 cm³/mol. The number of esters is 1. The summed E-state index contributed by atoms with van der Waals surface area (Å²) < 4.78 is 4.77. The van der Waals surface area contributed by atoms with E-state index >= 15 is 0 Å². The Kier molecular flexibility index (Phi) is 7.49. The molecule has 2 heterocycles. The molecule has 0 saturated carbocycles. The zero-order valence-corrected chi connectivity index (χ0v) is 20.8. The van der Waals surface area contributed by atoms with E-state index in [9.17, 15) is 9.59 Å². The Bertz CT molecular complexity index is 1030. The molecule has 2 atom stereocenters. The van der Waals surface area contributed by atoms with Crippen molar-refractivity contribution in [1.82, 2.24) is 14.7 Å². The highest BCUT2D eigenvalue weighted by atomic mass is 16.5. The number of ether oxygens (including phenoxy) is 1. The predicted octanol–water partition coefficient (Wildman–Crippen LogP) is 3.53. The van der Waals surface area contributed by atoms with Crippen LogP contribution in [0.5, 0.6) is 0 Å². The molecule has 2 saturated heterocycles. The highest BCUT2D eigenvalue weighted by molar-refractivity contribution is 5.89. The Morgan fingerprint density at radius 2 is 1.49 bits per heavy atom. The van der Waals surface area contributed by atoms with Crippen molar-refractivity contribution in [2.45, 2.75) is 57.2 Å². The maximum atomic E-state index is 12.9. The lowest BCUT2D eigenvalue weighted by molar-refractivity contribution is -0.131. The van der Waals surface area contributed by atoms with E-state index in [2.05, 4.69) is 34.1 Å². The van der Waals surface area contributed by atoms with Gasteiger partial charge < -0.3 is 9.64 Å². The van der Waals surface area contributed by atoms with Gasteiger partial charge in [0, 0.05) is 57.8 Å². The number of fused-ring (bicyclic) bond motifs is 1. The van der Waals surface area contributed by atoms with Crippen LogP contribution in [0.4, 0.5) is 0 Å². The van der Waals surface area contributed by atoms with E-state index in [0.717, 1.165) is 51.1 Å². The fourth-order valence-corrected chi connectivity index (χ4v) is 6.10. The average Bonchev–Trinajstić information content (AvgIpc) is 3.09. The van der Waals surface area contributed by atoms with Gasteiger partial charge in [-0.15, -0.1) is 0 Å². The van der Waals surface area contributed by atoms with Gasteiger partial charge in [-0.2, -0.15) is 0 Å². The molecule has 3 aliphatic rings. The molecule has 1 aliphatic carbocycles. The lowest BCUT2D eigenvalue weighted by Gasteiger charge is -2.43. The van der Waals surface area contributed by atoms with E-state index in [1.165, 1.54) is 37.5 Å². The van der Waals surface area contributed by atoms with Crippen LogP contribution in [0.3, 0.4) is 0 Å². The summed E-state index contributed by atoms with van der Waals surface area (Å²) in [5, 5.41) is 0. The summed E-state index contributed by atoms with van der Waals surface area (Å²) in [6, 6.07) is 17.5. The summed E-state index contributed by atoms with van der Waals surface area (Å²) in [5.41, 5.74) is 4.66. The molecule has 0 radical (unpaired) electrons. The summed E-state index contributed by atoms with van der Waals surface area (Å²) in [6.45, 7) is 5.87. The van der Waals surface area contributed by atoms with E-state index < -0.39 is 0 Å². The largest absolute Gasteiger partial charge is 0.465 e. The summed E-state index contributed by atoms with van der Waals surface area (Å²) in [6.07, 6.45) is 6.25. The van der Waals surface area contributed by atoms with Gasteiger partial charge in [-0.1, -0.05) is 36.4 Å². The third-order valence-corrected chi connectivity index (χ3v) is 8.23. The van der Waals surface area contributed by atoms with Crippen LogP contribution in [0.25, 0.3) is 0 Å². The lowest BCUT2D eigenvalue weighted by atomic mass is 9.87. The van der Waals surface area contributed by atoms with Crippen molar-refractivity contribution < 1.29 is 14.3 Å². The third-order valence-electron chi connectivity index (χ3n) is 8.23. The van der Waals surface area contributed by atoms with Gasteiger partial charge >= 0.3 is 5.97 Å². The van der Waals surface area contributed by atoms with Crippen LogP contribution in [0, 0.1) is 0 Å². The van der Waals surface area contributed by atoms with Crippen molar-refractivity contribution in [3.05, 3.63) is 70.8 Å². The third kappa shape index (κ3) is 5.60. The van der Waals surface area contributed by atoms with Crippen molar-refractivity contribution in [2.75, 3.05) is 39.8 Å². The second-order valence-corrected chi connectivity index (χ2v) is 10.2. The molecule has 2 aromatic rings. The number of carbonyl (C=O) groups is 2. The van der Waals surface area contributed by atoms with Crippen LogP contribution in [-0.2, 0) is 28.9 Å². The molecule has 0 bridgehead atoms. The first kappa shape index (κ1) is 24.0. The number of benzene rings is 2. The molecule has 0 N–H and O–H groups in total. The maximum absolute atomic E-state index is 12.9. The summed E-state index contributed by atoms with van der Waals surface area (Å²) in [7, 11) is 1.39. The maximum Gasteiger partial charge on any atom is 0.337 e. The van der Waals surface area contributed by atoms with Gasteiger partial charge in [0.05, 0.1) is 12.7 Å². The molecule has 0 unspecified atom stereocenters. The number of nitrogens with zero attached hydrogens (tertiary/aromatic N) is 3. The van der Waals surface area contributed by atoms with Crippen LogP contribution >= 0.6 is 0 Å². The Balaban J connectivity index is 1.12. The molecule has 2 aromatic carbocycles. The van der Waals surface area contributed by atoms with Gasteiger partial charge in [0.1, 0.15) is 0 Å². The second kappa shape index (κ2) is 10.9. The van der Waals surface area contributed by atoms with Gasteiger partial charge in [0.25, 0.3) is 0 Å². The topological polar surface area (TPSA) is 53.1 Å². The minimum Gasteiger partial charge on any atom is -0.465 e. The number of rotatable bonds is 5. The summed E-state index contributed by atoms with van der Waals surface area (Å²) in [4.78, 5) is 31.8. The van der Waals surface area contributed by atoms with Crippen LogP contribution in [0.2, 0.25) is 0 Å². The van der Waals surface area contributed by atoms with Crippen LogP contribution in [0.15, 0.2) is 48.5 Å². The van der Waals surface area contributed by atoms with Gasteiger partial charge in [-0.05, 0) is 60.9 Å². The number of hydrogen-bond acceptors (Lipinski definition) is 5. The van der Waals surface area contributed by atoms with Crippen molar-refractivity contribution in [3.8, 4) is 0 Å². The van der Waals surface area contributed by atoms with Gasteiger partial charge in [0.15, 0.2) is 0 Å². The quantitative estimate of drug-likeness (QED) is 0.620. The summed E-state index contributed by atoms with van der Waals surface area (Å²) >= 11 is 0. The molecule has 5 rings (SSSR count). The molecule has 2 fully saturated rings. The molecule has 35 heavy (non-hydrogen) atoms. The van der Waals surface area contributed by atoms with E-state index in [0.29, 0.717) is 30.6 Å². The number of aryl methyl sites for hydroxylation is 1. The van der Waals surface area contributed by atoms with Crippen LogP contribution in [-0.4, -0.2) is 78.5 Å². The Morgan fingerprint density at radius 3 is 2.20 bits per heavy atom. The van der Waals surface area contributed by atoms with Crippen LogP contribution < -0.4 is 0 Å². The first-order valence-corrected chi connectivity index (χ1v) is 13.1. The van der Waals surface area contributed by atoms with Crippen molar-refractivity contribution in [1.29, 1.82) is 0 Å². The minimum atomic E-state index is -0.335. The molecule has 6 nitrogen and oxygen atoms in total. The lowest BCUT2D eigenvalue weighted by Crippen LogP contribution is -2.54. The smallest absolute Gasteiger partial charge is 0.337 e. The van der Waals surface area contributed by atoms with Gasteiger partial charge in [0.2, 0.25) is 5.91 Å². The van der Waals surface area contributed by atoms with Crippen molar-refractivity contribution in [2.24, 2.45) is 0 Å². The average molecular weight is 476 g/mol. The fraction of sp³-hybridized carbons (Fsp3) is 0.517. The SMILES string of the molecule is COC(=O)c1ccc(CN2CC[C@H](N3CCN([C@@H]4CCc5ccccc5C4)CC3)CCC2=O)cc1. The van der Waals surface area contributed by atoms with Crippen molar-refractivity contribution in [3.63, 3.8) is 0 Å². The van der Waals surface area contributed by atoms with E-state index in [1.54, 1.807) is 12.1 Å². The molecule has 186 valence electrons. The summed E-state index contributed by atoms with van der Waals surface area (Å²) in [5.74, 6) is -0.0947. The first-order valence-electron chi connectivity index (χ1n) is 13.1. The number of piperazine rings is 1. The standard InChI is InChI=1S/C29H37N3O3/c1-35-29(34)24-8-6-22(7-9-24)21-32-15-14-26(12-13-28(32)33)30-16-18-31(19-17-30)27-11-10-23-4-2-3-5-25(23)20-27/h2-9,26-27H,10-21H2,1H3/t26-,27-/m1/s1. The molecule has 6 heteroatoms. The zero-order valence-electron chi connectivity index (χ0n) is 20.8. The van der Waals surface area contributed by atoms with Gasteiger partial charge in [-0.25, -0.2) is 4.79 Å². The number of likely N-dealkylation sites (tertiary alicyclic amines) is 1. The first-order chi connectivity index (χ1) is 17.1. The Labute approximate surface area is 208 Å². The number of amides is 1. The minimum absolute atomic E-state index is 0.240. The molecule has 0 spiro atoms.